The summed E-state index contributed by atoms with van der Waals surface area (Å²) in [5.41, 5.74) is 1.20. The first-order chi connectivity index (χ1) is 9.43. The smallest absolute Gasteiger partial charge is 0.230 e. The van der Waals surface area contributed by atoms with E-state index in [1.165, 1.54) is 0 Å². The third-order valence-corrected chi connectivity index (χ3v) is 7.73. The molecule has 0 saturated heterocycles. The SMILES string of the molecule is CCN(CC)C1(CSS(=O)(=O)c2ccc(C)cc2)CC1. The summed E-state index contributed by atoms with van der Waals surface area (Å²) < 4.78 is 24.7. The van der Waals surface area contributed by atoms with E-state index in [-0.39, 0.29) is 5.54 Å². The summed E-state index contributed by atoms with van der Waals surface area (Å²) in [6.45, 7) is 8.22. The van der Waals surface area contributed by atoms with Crippen LogP contribution in [-0.2, 0) is 8.87 Å². The van der Waals surface area contributed by atoms with E-state index in [1.54, 1.807) is 12.1 Å². The first kappa shape index (κ1) is 15.9. The van der Waals surface area contributed by atoms with Crippen LogP contribution < -0.4 is 0 Å². The maximum Gasteiger partial charge on any atom is 0.230 e. The zero-order chi connectivity index (χ0) is 14.8. The van der Waals surface area contributed by atoms with Gasteiger partial charge in [0.1, 0.15) is 0 Å². The number of benzene rings is 1. The Hall–Kier alpha value is -0.520. The molecular formula is C15H23NO2S2. The minimum atomic E-state index is -3.23. The maximum atomic E-state index is 12.4. The first-order valence-electron chi connectivity index (χ1n) is 7.15. The molecule has 1 aliphatic carbocycles. The summed E-state index contributed by atoms with van der Waals surface area (Å²) in [4.78, 5) is 2.81. The van der Waals surface area contributed by atoms with Crippen molar-refractivity contribution in [3.8, 4) is 0 Å². The van der Waals surface area contributed by atoms with Crippen molar-refractivity contribution in [1.82, 2.24) is 4.90 Å². The third kappa shape index (κ3) is 3.38. The number of nitrogens with zero attached hydrogens (tertiary/aromatic N) is 1. The zero-order valence-electron chi connectivity index (χ0n) is 12.4. The molecule has 1 aromatic rings. The fourth-order valence-corrected chi connectivity index (χ4v) is 5.87. The van der Waals surface area contributed by atoms with Crippen LogP contribution in [0.1, 0.15) is 32.3 Å². The van der Waals surface area contributed by atoms with Crippen LogP contribution in [0.4, 0.5) is 0 Å². The van der Waals surface area contributed by atoms with Gasteiger partial charge in [-0.2, -0.15) is 0 Å². The Morgan fingerprint density at radius 3 is 2.15 bits per heavy atom. The van der Waals surface area contributed by atoms with Crippen LogP contribution in [0.15, 0.2) is 29.2 Å². The molecule has 0 N–H and O–H groups in total. The third-order valence-electron chi connectivity index (χ3n) is 4.05. The predicted molar refractivity (Wildman–Crippen MR) is 85.7 cm³/mol. The molecule has 1 aromatic carbocycles. The lowest BCUT2D eigenvalue weighted by Gasteiger charge is -2.29. The Morgan fingerprint density at radius 2 is 1.70 bits per heavy atom. The minimum Gasteiger partial charge on any atom is -0.297 e. The van der Waals surface area contributed by atoms with Crippen LogP contribution in [0, 0.1) is 6.92 Å². The zero-order valence-corrected chi connectivity index (χ0v) is 14.1. The lowest BCUT2D eigenvalue weighted by atomic mass is 10.2. The molecule has 20 heavy (non-hydrogen) atoms. The maximum absolute atomic E-state index is 12.4. The van der Waals surface area contributed by atoms with Crippen molar-refractivity contribution in [1.29, 1.82) is 0 Å². The fraction of sp³-hybridized carbons (Fsp3) is 0.600. The van der Waals surface area contributed by atoms with Gasteiger partial charge in [-0.15, -0.1) is 0 Å². The number of hydrogen-bond acceptors (Lipinski definition) is 4. The van der Waals surface area contributed by atoms with Crippen molar-refractivity contribution in [2.24, 2.45) is 0 Å². The molecule has 0 unspecified atom stereocenters. The second-order valence-electron chi connectivity index (χ2n) is 5.43. The van der Waals surface area contributed by atoms with E-state index in [0.717, 1.165) is 42.3 Å². The molecule has 0 amide bonds. The molecule has 1 saturated carbocycles. The van der Waals surface area contributed by atoms with Crippen LogP contribution in [0.3, 0.4) is 0 Å². The Balaban J connectivity index is 2.05. The fourth-order valence-electron chi connectivity index (χ4n) is 2.55. The van der Waals surface area contributed by atoms with Gasteiger partial charge < -0.3 is 0 Å². The van der Waals surface area contributed by atoms with Gasteiger partial charge in [0.25, 0.3) is 0 Å². The van der Waals surface area contributed by atoms with Gasteiger partial charge in [0.15, 0.2) is 0 Å². The number of hydrogen-bond donors (Lipinski definition) is 0. The van der Waals surface area contributed by atoms with Crippen LogP contribution in [0.5, 0.6) is 0 Å². The van der Waals surface area contributed by atoms with Crippen LogP contribution in [-0.4, -0.2) is 37.7 Å². The van der Waals surface area contributed by atoms with E-state index in [9.17, 15) is 8.42 Å². The van der Waals surface area contributed by atoms with Crippen molar-refractivity contribution in [2.45, 2.75) is 44.0 Å². The second kappa shape index (κ2) is 6.08. The molecule has 0 bridgehead atoms. The molecule has 1 aliphatic rings. The van der Waals surface area contributed by atoms with Crippen LogP contribution in [0.25, 0.3) is 0 Å². The Kier molecular flexibility index (Phi) is 4.82. The van der Waals surface area contributed by atoms with Gasteiger partial charge in [0.2, 0.25) is 8.87 Å². The monoisotopic (exact) mass is 313 g/mol. The van der Waals surface area contributed by atoms with Gasteiger partial charge in [-0.25, -0.2) is 8.42 Å². The van der Waals surface area contributed by atoms with E-state index in [4.69, 9.17) is 0 Å². The molecule has 0 heterocycles. The molecule has 0 atom stereocenters. The highest BCUT2D eigenvalue weighted by atomic mass is 33.1. The van der Waals surface area contributed by atoms with E-state index < -0.39 is 8.87 Å². The van der Waals surface area contributed by atoms with E-state index >= 15 is 0 Å². The average molecular weight is 313 g/mol. The van der Waals surface area contributed by atoms with Crippen LogP contribution >= 0.6 is 10.8 Å². The van der Waals surface area contributed by atoms with Gasteiger partial charge in [-0.3, -0.25) is 4.90 Å². The molecule has 5 heteroatoms. The summed E-state index contributed by atoms with van der Waals surface area (Å²) >= 11 is 0. The van der Waals surface area contributed by atoms with E-state index in [1.807, 2.05) is 19.1 Å². The molecule has 0 aromatic heterocycles. The molecule has 0 aliphatic heterocycles. The van der Waals surface area contributed by atoms with Crippen molar-refractivity contribution in [3.05, 3.63) is 29.8 Å². The Labute approximate surface area is 126 Å². The molecule has 2 rings (SSSR count). The number of rotatable bonds is 7. The summed E-state index contributed by atoms with van der Waals surface area (Å²) in [5, 5.41) is 0. The van der Waals surface area contributed by atoms with E-state index in [0.29, 0.717) is 10.6 Å². The Morgan fingerprint density at radius 1 is 1.15 bits per heavy atom. The molecule has 0 spiro atoms. The van der Waals surface area contributed by atoms with Gasteiger partial charge >= 0.3 is 0 Å². The highest BCUT2D eigenvalue weighted by molar-refractivity contribution is 8.72. The quantitative estimate of drug-likeness (QED) is 0.724. The summed E-state index contributed by atoms with van der Waals surface area (Å²) in [5.74, 6) is 0.672. The normalized spacial score (nSPS) is 17.4. The van der Waals surface area contributed by atoms with Gasteiger partial charge in [-0.1, -0.05) is 31.5 Å². The van der Waals surface area contributed by atoms with E-state index in [2.05, 4.69) is 18.7 Å². The standard InChI is InChI=1S/C15H23NO2S2/c1-4-16(5-2)15(10-11-15)12-19-20(17,18)14-8-6-13(3)7-9-14/h6-9H,4-5,10-12H2,1-3H3. The molecular weight excluding hydrogens is 290 g/mol. The molecule has 112 valence electrons. The second-order valence-corrected chi connectivity index (χ2v) is 9.35. The van der Waals surface area contributed by atoms with Crippen LogP contribution in [0.2, 0.25) is 0 Å². The molecule has 1 fully saturated rings. The summed E-state index contributed by atoms with van der Waals surface area (Å²) in [6, 6.07) is 7.11. The topological polar surface area (TPSA) is 37.4 Å². The molecule has 0 radical (unpaired) electrons. The highest BCUT2D eigenvalue weighted by Gasteiger charge is 2.47. The van der Waals surface area contributed by atoms with Crippen molar-refractivity contribution in [2.75, 3.05) is 18.8 Å². The summed E-state index contributed by atoms with van der Waals surface area (Å²) in [6.07, 6.45) is 2.23. The van der Waals surface area contributed by atoms with Crippen molar-refractivity contribution in [3.63, 3.8) is 0 Å². The van der Waals surface area contributed by atoms with Crippen molar-refractivity contribution >= 4 is 19.7 Å². The first-order valence-corrected chi connectivity index (χ1v) is 10.1. The Bertz CT molecular complexity index is 544. The molecule has 3 nitrogen and oxygen atoms in total. The minimum absolute atomic E-state index is 0.117. The van der Waals surface area contributed by atoms with Gasteiger partial charge in [-0.05, 0) is 55.8 Å². The average Bonchev–Trinajstić information content (AvgIpc) is 3.20. The largest absolute Gasteiger partial charge is 0.297 e. The summed E-state index contributed by atoms with van der Waals surface area (Å²) in [7, 11) is -2.13. The number of aryl methyl sites for hydroxylation is 1. The van der Waals surface area contributed by atoms with Crippen molar-refractivity contribution < 1.29 is 8.42 Å². The lowest BCUT2D eigenvalue weighted by molar-refractivity contribution is 0.217. The predicted octanol–water partition coefficient (Wildman–Crippen LogP) is 3.29. The highest BCUT2D eigenvalue weighted by Crippen LogP contribution is 2.45. The lowest BCUT2D eigenvalue weighted by Crippen LogP contribution is -2.39. The van der Waals surface area contributed by atoms with Gasteiger partial charge in [0, 0.05) is 11.3 Å². The van der Waals surface area contributed by atoms with Gasteiger partial charge in [0.05, 0.1) is 4.90 Å².